The van der Waals surface area contributed by atoms with Crippen molar-refractivity contribution in [1.29, 1.82) is 0 Å². The molecule has 0 radical (unpaired) electrons. The van der Waals surface area contributed by atoms with Gasteiger partial charge in [-0.1, -0.05) is 137 Å². The van der Waals surface area contributed by atoms with Gasteiger partial charge in [-0.3, -0.25) is 0 Å². The quantitative estimate of drug-likeness (QED) is 0.131. The topological polar surface area (TPSA) is 43.4 Å². The first-order chi connectivity index (χ1) is 20.2. The average Bonchev–Trinajstić information content (AvgIpc) is 3.73. The van der Waals surface area contributed by atoms with Gasteiger partial charge >= 0.3 is 11.9 Å². The van der Waals surface area contributed by atoms with Crippen molar-refractivity contribution in [3.05, 3.63) is 154 Å². The maximum atomic E-state index is 13.9. The van der Waals surface area contributed by atoms with Crippen LogP contribution in [0.2, 0.25) is 0 Å². The molecule has 0 amide bonds. The Bertz CT molecular complexity index is 1360. The van der Waals surface area contributed by atoms with Crippen molar-refractivity contribution in [3.8, 4) is 0 Å². The maximum Gasteiger partial charge on any atom is 0.347 e. The van der Waals surface area contributed by atoms with Crippen molar-refractivity contribution in [2.24, 2.45) is 0 Å². The van der Waals surface area contributed by atoms with E-state index in [4.69, 9.17) is 4.74 Å². The number of hydrogen-bond acceptors (Lipinski definition) is 3. The third-order valence-corrected chi connectivity index (χ3v) is 15.8. The number of carbonyl (C=O) groups excluding carboxylic acids is 2. The van der Waals surface area contributed by atoms with Gasteiger partial charge in [-0.15, -0.1) is 0 Å². The minimum atomic E-state index is -1.02. The SMILES string of the molecule is O=C1OC(=O)C(P2[C@H](c3ccccc3)CC[C@H]2c2ccccc2)=C1P1[C@H](c2ccccc2)CC[C@H]1c1ccccc1. The summed E-state index contributed by atoms with van der Waals surface area (Å²) in [7, 11) is -2.05. The third-order valence-electron chi connectivity index (χ3n) is 8.82. The van der Waals surface area contributed by atoms with E-state index in [-0.39, 0.29) is 22.6 Å². The molecule has 4 aromatic rings. The van der Waals surface area contributed by atoms with Crippen LogP contribution in [0, 0.1) is 0 Å². The van der Waals surface area contributed by atoms with Crippen molar-refractivity contribution >= 4 is 27.8 Å². The molecule has 4 atom stereocenters. The van der Waals surface area contributed by atoms with Crippen molar-refractivity contribution in [3.63, 3.8) is 0 Å². The van der Waals surface area contributed by atoms with E-state index in [1.165, 1.54) is 22.3 Å². The van der Waals surface area contributed by atoms with Gasteiger partial charge in [0.05, 0.1) is 10.6 Å². The van der Waals surface area contributed by atoms with E-state index in [1.807, 2.05) is 24.3 Å². The van der Waals surface area contributed by atoms with Gasteiger partial charge in [0.1, 0.15) is 0 Å². The van der Waals surface area contributed by atoms with Gasteiger partial charge in [-0.2, -0.15) is 0 Å². The lowest BCUT2D eigenvalue weighted by atomic mass is 10.0. The monoisotopic (exact) mass is 574 g/mol. The summed E-state index contributed by atoms with van der Waals surface area (Å²) in [5.74, 6) is -0.791. The van der Waals surface area contributed by atoms with Crippen LogP contribution in [0.15, 0.2) is 132 Å². The summed E-state index contributed by atoms with van der Waals surface area (Å²) in [5.41, 5.74) is 5.88. The standard InChI is InChI=1S/C36H32O3P2/c37-35-33(40-29(25-13-5-1-6-14-25)21-22-30(40)26-15-7-2-8-16-26)34(36(38)39-35)41-31(27-17-9-3-10-18-27)23-24-32(41)28-19-11-4-12-20-28/h1-20,29-32H,21-24H2/t29-,30-,31-,32-/m0/s1. The Hall–Kier alpha value is -3.38. The third kappa shape index (κ3) is 4.90. The summed E-state index contributed by atoms with van der Waals surface area (Å²) in [6.45, 7) is 0. The van der Waals surface area contributed by atoms with Crippen molar-refractivity contribution in [2.45, 2.75) is 48.3 Å². The first-order valence-electron chi connectivity index (χ1n) is 14.5. The van der Waals surface area contributed by atoms with Crippen LogP contribution in [0.3, 0.4) is 0 Å². The molecule has 2 fully saturated rings. The van der Waals surface area contributed by atoms with E-state index in [0.29, 0.717) is 0 Å². The molecule has 0 N–H and O–H groups in total. The largest absolute Gasteiger partial charge is 0.386 e. The number of cyclic esters (lactones) is 2. The van der Waals surface area contributed by atoms with Crippen LogP contribution in [0.25, 0.3) is 0 Å². The number of carbonyl (C=O) groups is 2. The van der Waals surface area contributed by atoms with E-state index in [0.717, 1.165) is 36.3 Å². The fourth-order valence-electron chi connectivity index (χ4n) is 7.09. The van der Waals surface area contributed by atoms with E-state index in [2.05, 4.69) is 97.1 Å². The molecule has 0 aromatic heterocycles. The maximum absolute atomic E-state index is 13.9. The first kappa shape index (κ1) is 26.5. The van der Waals surface area contributed by atoms with E-state index in [1.54, 1.807) is 0 Å². The van der Waals surface area contributed by atoms with E-state index >= 15 is 0 Å². The molecule has 7 rings (SSSR count). The highest BCUT2D eigenvalue weighted by molar-refractivity contribution is 7.69. The molecule has 0 spiro atoms. The Morgan fingerprint density at radius 1 is 0.415 bits per heavy atom. The zero-order valence-electron chi connectivity index (χ0n) is 22.8. The van der Waals surface area contributed by atoms with Gasteiger partial charge in [0.2, 0.25) is 0 Å². The smallest absolute Gasteiger partial charge is 0.347 e. The summed E-state index contributed by atoms with van der Waals surface area (Å²) in [4.78, 5) is 27.8. The molecule has 3 aliphatic rings. The van der Waals surface area contributed by atoms with Gasteiger partial charge < -0.3 is 4.74 Å². The number of rotatable bonds is 6. The molecule has 204 valence electrons. The second kappa shape index (κ2) is 11.5. The number of ether oxygens (including phenoxy) is 1. The highest BCUT2D eigenvalue weighted by Gasteiger charge is 2.52. The zero-order chi connectivity index (χ0) is 27.8. The number of esters is 2. The Kier molecular flexibility index (Phi) is 7.42. The molecule has 0 unspecified atom stereocenters. The van der Waals surface area contributed by atoms with E-state index < -0.39 is 27.8 Å². The Labute approximate surface area is 244 Å². The van der Waals surface area contributed by atoms with Crippen molar-refractivity contribution < 1.29 is 14.3 Å². The lowest BCUT2D eigenvalue weighted by Crippen LogP contribution is -2.05. The lowest BCUT2D eigenvalue weighted by molar-refractivity contribution is -0.150. The van der Waals surface area contributed by atoms with Crippen LogP contribution >= 0.6 is 15.8 Å². The molecule has 3 nitrogen and oxygen atoms in total. The lowest BCUT2D eigenvalue weighted by Gasteiger charge is -2.31. The summed E-state index contributed by atoms with van der Waals surface area (Å²) >= 11 is 0. The van der Waals surface area contributed by atoms with Gasteiger partial charge in [0, 0.05) is 22.6 Å². The Morgan fingerprint density at radius 3 is 0.902 bits per heavy atom. The normalized spacial score (nSPS) is 25.2. The Balaban J connectivity index is 1.43. The first-order valence-corrected chi connectivity index (χ1v) is 17.4. The second-order valence-corrected chi connectivity index (χ2v) is 16.1. The summed E-state index contributed by atoms with van der Waals surface area (Å²) in [5, 5.41) is 1.44. The minimum absolute atomic E-state index is 0.211. The molecule has 4 aromatic carbocycles. The van der Waals surface area contributed by atoms with Crippen molar-refractivity contribution in [1.82, 2.24) is 0 Å². The molecule has 0 saturated carbocycles. The summed E-state index contributed by atoms with van der Waals surface area (Å²) in [6.07, 6.45) is 3.98. The molecular formula is C36H32O3P2. The van der Waals surface area contributed by atoms with Crippen LogP contribution in [0.5, 0.6) is 0 Å². The predicted molar refractivity (Wildman–Crippen MR) is 167 cm³/mol. The zero-order valence-corrected chi connectivity index (χ0v) is 24.6. The minimum Gasteiger partial charge on any atom is -0.386 e. The highest BCUT2D eigenvalue weighted by atomic mass is 31.1. The van der Waals surface area contributed by atoms with Gasteiger partial charge in [0.15, 0.2) is 0 Å². The number of hydrogen-bond donors (Lipinski definition) is 0. The Morgan fingerprint density at radius 2 is 0.659 bits per heavy atom. The molecule has 0 aliphatic carbocycles. The second-order valence-electron chi connectivity index (χ2n) is 11.0. The fraction of sp³-hybridized carbons (Fsp3) is 0.222. The van der Waals surface area contributed by atoms with Crippen LogP contribution < -0.4 is 0 Å². The van der Waals surface area contributed by atoms with Crippen LogP contribution in [-0.2, 0) is 14.3 Å². The molecule has 2 saturated heterocycles. The van der Waals surface area contributed by atoms with Crippen LogP contribution in [0.4, 0.5) is 0 Å². The molecule has 41 heavy (non-hydrogen) atoms. The predicted octanol–water partition coefficient (Wildman–Crippen LogP) is 9.80. The van der Waals surface area contributed by atoms with Crippen molar-refractivity contribution in [2.75, 3.05) is 0 Å². The van der Waals surface area contributed by atoms with Crippen LogP contribution in [0.1, 0.15) is 70.6 Å². The summed E-state index contributed by atoms with van der Waals surface area (Å²) in [6, 6.07) is 42.4. The van der Waals surface area contributed by atoms with Gasteiger partial charge in [0.25, 0.3) is 0 Å². The van der Waals surface area contributed by atoms with Gasteiger partial charge in [-0.05, 0) is 47.9 Å². The molecular weight excluding hydrogens is 542 g/mol. The van der Waals surface area contributed by atoms with E-state index in [9.17, 15) is 9.59 Å². The van der Waals surface area contributed by atoms with Gasteiger partial charge in [-0.25, -0.2) is 9.59 Å². The molecule has 3 aliphatic heterocycles. The summed E-state index contributed by atoms with van der Waals surface area (Å²) < 4.78 is 5.63. The van der Waals surface area contributed by atoms with Crippen LogP contribution in [-0.4, -0.2) is 11.9 Å². The molecule has 3 heterocycles. The highest BCUT2D eigenvalue weighted by Crippen LogP contribution is 2.81. The molecule has 5 heteroatoms. The number of benzene rings is 4. The average molecular weight is 575 g/mol. The fourth-order valence-corrected chi connectivity index (χ4v) is 14.8. The molecule has 0 bridgehead atoms.